The number of fused-ring (bicyclic) bond motifs is 2. The molecule has 3 heterocycles. The van der Waals surface area contributed by atoms with Crippen LogP contribution in [0.25, 0.3) is 0 Å². The lowest BCUT2D eigenvalue weighted by Gasteiger charge is -2.39. The van der Waals surface area contributed by atoms with E-state index in [1.807, 2.05) is 36.2 Å². The van der Waals surface area contributed by atoms with Gasteiger partial charge in [-0.1, -0.05) is 18.2 Å². The molecule has 1 aromatic heterocycles. The second-order valence-electron chi connectivity index (χ2n) is 6.19. The summed E-state index contributed by atoms with van der Waals surface area (Å²) in [6.07, 6.45) is 4.01. The quantitative estimate of drug-likeness (QED) is 0.809. The molecule has 2 aliphatic rings. The number of aromatic nitrogens is 2. The summed E-state index contributed by atoms with van der Waals surface area (Å²) < 4.78 is 13.1. The van der Waals surface area contributed by atoms with Gasteiger partial charge in [0.1, 0.15) is 0 Å². The van der Waals surface area contributed by atoms with E-state index in [9.17, 15) is 9.18 Å². The van der Waals surface area contributed by atoms with Crippen molar-refractivity contribution in [2.24, 2.45) is 0 Å². The number of nitrogens with zero attached hydrogens (tertiary/aromatic N) is 4. The normalized spacial score (nSPS) is 23.5. The molecule has 0 bridgehead atoms. The number of anilines is 2. The van der Waals surface area contributed by atoms with Crippen molar-refractivity contribution in [3.63, 3.8) is 0 Å². The van der Waals surface area contributed by atoms with Gasteiger partial charge in [0.25, 0.3) is 0 Å². The van der Waals surface area contributed by atoms with E-state index in [4.69, 9.17) is 0 Å². The first-order valence-corrected chi connectivity index (χ1v) is 7.72. The summed E-state index contributed by atoms with van der Waals surface area (Å²) >= 11 is 0. The third-order valence-corrected chi connectivity index (χ3v) is 4.88. The van der Waals surface area contributed by atoms with E-state index in [0.717, 1.165) is 30.6 Å². The number of amides is 1. The van der Waals surface area contributed by atoms with Crippen LogP contribution >= 0.6 is 0 Å². The molecule has 6 heteroatoms. The van der Waals surface area contributed by atoms with Gasteiger partial charge < -0.3 is 9.80 Å². The molecule has 23 heavy (non-hydrogen) atoms. The van der Waals surface area contributed by atoms with Crippen molar-refractivity contribution in [3.8, 4) is 0 Å². The molecule has 1 fully saturated rings. The molecule has 5 nitrogen and oxygen atoms in total. The van der Waals surface area contributed by atoms with Gasteiger partial charge in [-0.3, -0.25) is 4.79 Å². The zero-order valence-corrected chi connectivity index (χ0v) is 12.9. The second-order valence-corrected chi connectivity index (χ2v) is 6.19. The lowest BCUT2D eigenvalue weighted by molar-refractivity contribution is -0.123. The first kappa shape index (κ1) is 14.1. The first-order valence-electron chi connectivity index (χ1n) is 7.72. The number of rotatable bonds is 1. The smallest absolute Gasteiger partial charge is 0.239 e. The molecule has 0 N–H and O–H groups in total. The molecule has 2 aliphatic heterocycles. The van der Waals surface area contributed by atoms with E-state index in [1.165, 1.54) is 12.4 Å². The van der Waals surface area contributed by atoms with Crippen molar-refractivity contribution >= 4 is 17.5 Å². The summed E-state index contributed by atoms with van der Waals surface area (Å²) in [6, 6.07) is 7.94. The number of hydrogen-bond acceptors (Lipinski definition) is 4. The predicted octanol–water partition coefficient (Wildman–Crippen LogP) is 2.13. The van der Waals surface area contributed by atoms with Gasteiger partial charge in [-0.2, -0.15) is 0 Å². The molecule has 2 aromatic rings. The van der Waals surface area contributed by atoms with Gasteiger partial charge in [0.05, 0.1) is 17.8 Å². The third-order valence-electron chi connectivity index (χ3n) is 4.88. The van der Waals surface area contributed by atoms with Gasteiger partial charge in [0.2, 0.25) is 11.9 Å². The summed E-state index contributed by atoms with van der Waals surface area (Å²) in [6.45, 7) is 1.30. The van der Waals surface area contributed by atoms with Crippen LogP contribution in [0.3, 0.4) is 0 Å². The van der Waals surface area contributed by atoms with E-state index in [-0.39, 0.29) is 5.91 Å². The van der Waals surface area contributed by atoms with E-state index < -0.39 is 11.2 Å². The number of piperidine rings is 1. The summed E-state index contributed by atoms with van der Waals surface area (Å²) in [5.74, 6) is 0.137. The monoisotopic (exact) mass is 312 g/mol. The Labute approximate surface area is 133 Å². The highest BCUT2D eigenvalue weighted by Gasteiger charge is 2.51. The van der Waals surface area contributed by atoms with Crippen LogP contribution in [0.1, 0.15) is 18.4 Å². The minimum absolute atomic E-state index is 0.116. The Morgan fingerprint density at radius 1 is 1.22 bits per heavy atom. The van der Waals surface area contributed by atoms with Crippen LogP contribution in [0, 0.1) is 5.82 Å². The van der Waals surface area contributed by atoms with Crippen LogP contribution in [-0.2, 0) is 10.2 Å². The molecule has 0 saturated carbocycles. The van der Waals surface area contributed by atoms with Gasteiger partial charge in [-0.15, -0.1) is 0 Å². The number of hydrogen-bond donors (Lipinski definition) is 0. The van der Waals surface area contributed by atoms with Crippen LogP contribution in [-0.4, -0.2) is 36.0 Å². The summed E-state index contributed by atoms with van der Waals surface area (Å²) in [5.41, 5.74) is 1.49. The van der Waals surface area contributed by atoms with Gasteiger partial charge in [-0.25, -0.2) is 14.4 Å². The average molecular weight is 312 g/mol. The molecule has 0 aliphatic carbocycles. The Morgan fingerprint density at radius 3 is 2.74 bits per heavy atom. The molecule has 0 unspecified atom stereocenters. The average Bonchev–Trinajstić information content (AvgIpc) is 2.79. The van der Waals surface area contributed by atoms with Gasteiger partial charge in [0, 0.05) is 25.8 Å². The van der Waals surface area contributed by atoms with Gasteiger partial charge in [-0.05, 0) is 24.5 Å². The van der Waals surface area contributed by atoms with Crippen LogP contribution in [0.4, 0.5) is 16.0 Å². The molecular formula is C17H17FN4O. The maximum absolute atomic E-state index is 13.1. The molecule has 1 amide bonds. The molecule has 1 saturated heterocycles. The Bertz CT molecular complexity index is 763. The summed E-state index contributed by atoms with van der Waals surface area (Å²) in [5, 5.41) is 0. The molecule has 1 atom stereocenters. The fraction of sp³-hybridized carbons (Fsp3) is 0.353. The molecule has 4 rings (SSSR count). The Balaban J connectivity index is 1.74. The fourth-order valence-electron chi connectivity index (χ4n) is 3.81. The highest BCUT2D eigenvalue weighted by molar-refractivity contribution is 6.08. The van der Waals surface area contributed by atoms with E-state index in [1.54, 1.807) is 4.90 Å². The topological polar surface area (TPSA) is 49.3 Å². The largest absolute Gasteiger partial charge is 0.339 e. The maximum Gasteiger partial charge on any atom is 0.239 e. The van der Waals surface area contributed by atoms with Crippen molar-refractivity contribution in [2.75, 3.05) is 29.9 Å². The van der Waals surface area contributed by atoms with Crippen molar-refractivity contribution in [1.82, 2.24) is 9.97 Å². The molecule has 1 aromatic carbocycles. The van der Waals surface area contributed by atoms with E-state index in [2.05, 4.69) is 9.97 Å². The molecular weight excluding hydrogens is 295 g/mol. The zero-order chi connectivity index (χ0) is 16.0. The van der Waals surface area contributed by atoms with Crippen molar-refractivity contribution in [2.45, 2.75) is 18.3 Å². The van der Waals surface area contributed by atoms with Crippen LogP contribution in [0.15, 0.2) is 36.7 Å². The lowest BCUT2D eigenvalue weighted by atomic mass is 9.75. The SMILES string of the molecule is CN1C(=O)[C@@]2(CCCN(c3ncc(F)cn3)C2)c2ccccc21. The number of halogens is 1. The maximum atomic E-state index is 13.1. The lowest BCUT2D eigenvalue weighted by Crippen LogP contribution is -2.52. The summed E-state index contributed by atoms with van der Waals surface area (Å²) in [7, 11) is 1.82. The Morgan fingerprint density at radius 2 is 1.96 bits per heavy atom. The van der Waals surface area contributed by atoms with E-state index in [0.29, 0.717) is 12.5 Å². The minimum atomic E-state index is -0.554. The van der Waals surface area contributed by atoms with Crippen molar-refractivity contribution < 1.29 is 9.18 Å². The second kappa shape index (κ2) is 5.01. The zero-order valence-electron chi connectivity index (χ0n) is 12.9. The van der Waals surface area contributed by atoms with Gasteiger partial charge in [0.15, 0.2) is 5.82 Å². The summed E-state index contributed by atoms with van der Waals surface area (Å²) in [4.78, 5) is 24.8. The fourth-order valence-corrected chi connectivity index (χ4v) is 3.81. The van der Waals surface area contributed by atoms with Crippen LogP contribution in [0.2, 0.25) is 0 Å². The molecule has 0 radical (unpaired) electrons. The highest BCUT2D eigenvalue weighted by Crippen LogP contribution is 2.46. The predicted molar refractivity (Wildman–Crippen MR) is 85.0 cm³/mol. The Kier molecular flexibility index (Phi) is 3.07. The standard InChI is InChI=1S/C17H17FN4O/c1-21-14-6-3-2-5-13(14)17(15(21)23)7-4-8-22(11-17)16-19-9-12(18)10-20-16/h2-3,5-6,9-10H,4,7-8,11H2,1H3/t17-/m1/s1. The van der Waals surface area contributed by atoms with Crippen molar-refractivity contribution in [1.29, 1.82) is 0 Å². The third kappa shape index (κ3) is 2.01. The number of benzene rings is 1. The van der Waals surface area contributed by atoms with Crippen LogP contribution in [0.5, 0.6) is 0 Å². The number of carbonyl (C=O) groups excluding carboxylic acids is 1. The molecule has 1 spiro atoms. The van der Waals surface area contributed by atoms with E-state index >= 15 is 0 Å². The number of likely N-dealkylation sites (N-methyl/N-ethyl adjacent to an activating group) is 1. The van der Waals surface area contributed by atoms with Crippen LogP contribution < -0.4 is 9.80 Å². The number of carbonyl (C=O) groups is 1. The van der Waals surface area contributed by atoms with Crippen molar-refractivity contribution in [3.05, 3.63) is 48.0 Å². The molecule has 118 valence electrons. The van der Waals surface area contributed by atoms with Gasteiger partial charge >= 0.3 is 0 Å². The number of para-hydroxylation sites is 1. The first-order chi connectivity index (χ1) is 11.1. The minimum Gasteiger partial charge on any atom is -0.339 e. The Hall–Kier alpha value is -2.50. The highest BCUT2D eigenvalue weighted by atomic mass is 19.1.